The maximum Gasteiger partial charge on any atom is 0.324 e. The van der Waals surface area contributed by atoms with Gasteiger partial charge in [0, 0.05) is 25.6 Å². The lowest BCUT2D eigenvalue weighted by molar-refractivity contribution is -0.143. The molecule has 5 nitrogen and oxygen atoms in total. The summed E-state index contributed by atoms with van der Waals surface area (Å²) in [7, 11) is 0. The van der Waals surface area contributed by atoms with Gasteiger partial charge in [0.25, 0.3) is 0 Å². The number of fused-ring (bicyclic) bond motifs is 1. The molecule has 0 aromatic heterocycles. The molecule has 0 radical (unpaired) electrons. The number of amides is 1. The van der Waals surface area contributed by atoms with Gasteiger partial charge in [0.15, 0.2) is 0 Å². The van der Waals surface area contributed by atoms with Crippen molar-refractivity contribution in [2.45, 2.75) is 32.2 Å². The molecular formula is C14H18N2O3. The Bertz CT molecular complexity index is 541. The monoisotopic (exact) mass is 262 g/mol. The second-order valence-corrected chi connectivity index (χ2v) is 5.14. The number of rotatable bonds is 1. The van der Waals surface area contributed by atoms with Crippen molar-refractivity contribution < 1.29 is 14.7 Å². The molecule has 1 heterocycles. The Labute approximate surface area is 112 Å². The summed E-state index contributed by atoms with van der Waals surface area (Å²) in [6.45, 7) is 3.73. The summed E-state index contributed by atoms with van der Waals surface area (Å²) < 4.78 is 0. The lowest BCUT2D eigenvalue weighted by Crippen LogP contribution is -2.50. The Balaban J connectivity index is 2.56. The van der Waals surface area contributed by atoms with E-state index in [4.69, 9.17) is 5.73 Å². The zero-order valence-corrected chi connectivity index (χ0v) is 11.1. The van der Waals surface area contributed by atoms with Crippen molar-refractivity contribution in [1.82, 2.24) is 0 Å². The predicted octanol–water partition coefficient (Wildman–Crippen LogP) is 1.08. The van der Waals surface area contributed by atoms with E-state index < -0.39 is 11.5 Å². The van der Waals surface area contributed by atoms with E-state index in [1.54, 1.807) is 4.90 Å². The molecule has 0 saturated carbocycles. The third-order valence-corrected chi connectivity index (χ3v) is 3.68. The molecule has 102 valence electrons. The highest BCUT2D eigenvalue weighted by atomic mass is 16.4. The Kier molecular flexibility index (Phi) is 3.32. The number of aryl methyl sites for hydroxylation is 1. The van der Waals surface area contributed by atoms with E-state index in [1.807, 2.05) is 25.1 Å². The minimum atomic E-state index is -1.31. The molecule has 0 bridgehead atoms. The fraction of sp³-hybridized carbons (Fsp3) is 0.429. The summed E-state index contributed by atoms with van der Waals surface area (Å²) in [5.74, 6) is -1.12. The predicted molar refractivity (Wildman–Crippen MR) is 72.1 cm³/mol. The van der Waals surface area contributed by atoms with Crippen LogP contribution in [0.3, 0.4) is 0 Å². The van der Waals surface area contributed by atoms with Gasteiger partial charge in [-0.1, -0.05) is 18.2 Å². The van der Waals surface area contributed by atoms with E-state index in [0.717, 1.165) is 16.8 Å². The van der Waals surface area contributed by atoms with Crippen LogP contribution in [0, 0.1) is 6.92 Å². The SMILES string of the molecule is CC(=O)N1CCC(N)(C(=O)O)Cc2cccc(C)c21. The minimum Gasteiger partial charge on any atom is -0.480 e. The number of hydrogen-bond acceptors (Lipinski definition) is 3. The van der Waals surface area contributed by atoms with Crippen LogP contribution in [-0.2, 0) is 16.0 Å². The molecule has 1 amide bonds. The lowest BCUT2D eigenvalue weighted by Gasteiger charge is -2.23. The third-order valence-electron chi connectivity index (χ3n) is 3.68. The Morgan fingerprint density at radius 1 is 1.42 bits per heavy atom. The first-order valence-corrected chi connectivity index (χ1v) is 6.24. The molecule has 0 fully saturated rings. The van der Waals surface area contributed by atoms with Crippen molar-refractivity contribution in [3.63, 3.8) is 0 Å². The summed E-state index contributed by atoms with van der Waals surface area (Å²) >= 11 is 0. The molecular weight excluding hydrogens is 244 g/mol. The van der Waals surface area contributed by atoms with Gasteiger partial charge >= 0.3 is 5.97 Å². The number of aliphatic carboxylic acids is 1. The van der Waals surface area contributed by atoms with Gasteiger partial charge in [-0.05, 0) is 24.5 Å². The van der Waals surface area contributed by atoms with E-state index in [9.17, 15) is 14.7 Å². The number of carbonyl (C=O) groups is 2. The normalized spacial score (nSPS) is 22.6. The minimum absolute atomic E-state index is 0.0924. The van der Waals surface area contributed by atoms with Crippen LogP contribution in [0.15, 0.2) is 18.2 Å². The molecule has 3 N–H and O–H groups in total. The van der Waals surface area contributed by atoms with Gasteiger partial charge in [-0.2, -0.15) is 0 Å². The van der Waals surface area contributed by atoms with E-state index in [1.165, 1.54) is 6.92 Å². The molecule has 19 heavy (non-hydrogen) atoms. The maximum atomic E-state index is 11.8. The number of carbonyl (C=O) groups excluding carboxylic acids is 1. The van der Waals surface area contributed by atoms with Crippen molar-refractivity contribution in [1.29, 1.82) is 0 Å². The highest BCUT2D eigenvalue weighted by Gasteiger charge is 2.38. The fourth-order valence-corrected chi connectivity index (χ4v) is 2.60. The van der Waals surface area contributed by atoms with Crippen molar-refractivity contribution >= 4 is 17.6 Å². The van der Waals surface area contributed by atoms with Gasteiger partial charge in [-0.15, -0.1) is 0 Å². The molecule has 0 aliphatic carbocycles. The number of carboxylic acid groups (broad SMARTS) is 1. The second-order valence-electron chi connectivity index (χ2n) is 5.14. The number of para-hydroxylation sites is 1. The molecule has 1 atom stereocenters. The maximum absolute atomic E-state index is 11.8. The van der Waals surface area contributed by atoms with Crippen molar-refractivity contribution in [3.05, 3.63) is 29.3 Å². The highest BCUT2D eigenvalue weighted by Crippen LogP contribution is 2.32. The van der Waals surface area contributed by atoms with Crippen molar-refractivity contribution in [2.24, 2.45) is 5.73 Å². The zero-order chi connectivity index (χ0) is 14.2. The lowest BCUT2D eigenvalue weighted by atomic mass is 9.89. The topological polar surface area (TPSA) is 83.6 Å². The molecule has 1 unspecified atom stereocenters. The summed E-state index contributed by atoms with van der Waals surface area (Å²) in [4.78, 5) is 24.8. The summed E-state index contributed by atoms with van der Waals surface area (Å²) in [5, 5.41) is 9.31. The standard InChI is InChI=1S/C14H18N2O3/c1-9-4-3-5-11-8-14(15,13(18)19)6-7-16(10(2)17)12(9)11/h3-5H,6-8,15H2,1-2H3,(H,18,19). The average molecular weight is 262 g/mol. The Morgan fingerprint density at radius 2 is 2.11 bits per heavy atom. The molecule has 0 spiro atoms. The second kappa shape index (κ2) is 4.66. The van der Waals surface area contributed by atoms with Gasteiger partial charge < -0.3 is 15.7 Å². The van der Waals surface area contributed by atoms with E-state index >= 15 is 0 Å². The van der Waals surface area contributed by atoms with Crippen LogP contribution in [0.1, 0.15) is 24.5 Å². The molecule has 1 aliphatic rings. The first-order valence-electron chi connectivity index (χ1n) is 6.24. The van der Waals surface area contributed by atoms with Crippen LogP contribution in [-0.4, -0.2) is 29.1 Å². The number of carboxylic acids is 1. The first kappa shape index (κ1) is 13.5. The van der Waals surface area contributed by atoms with Gasteiger partial charge in [0.2, 0.25) is 5.91 Å². The van der Waals surface area contributed by atoms with Crippen LogP contribution < -0.4 is 10.6 Å². The molecule has 1 aromatic carbocycles. The summed E-state index contributed by atoms with van der Waals surface area (Å²) in [5.41, 5.74) is 7.27. The molecule has 1 aromatic rings. The van der Waals surface area contributed by atoms with Crippen LogP contribution in [0.2, 0.25) is 0 Å². The van der Waals surface area contributed by atoms with Gasteiger partial charge in [-0.3, -0.25) is 9.59 Å². The average Bonchev–Trinajstić information content (AvgIpc) is 2.47. The Morgan fingerprint density at radius 3 is 2.68 bits per heavy atom. The number of nitrogens with zero attached hydrogens (tertiary/aromatic N) is 1. The molecule has 1 aliphatic heterocycles. The zero-order valence-electron chi connectivity index (χ0n) is 11.1. The highest BCUT2D eigenvalue weighted by molar-refractivity contribution is 5.94. The number of benzene rings is 1. The smallest absolute Gasteiger partial charge is 0.324 e. The van der Waals surface area contributed by atoms with Crippen molar-refractivity contribution in [3.8, 4) is 0 Å². The van der Waals surface area contributed by atoms with E-state index in [-0.39, 0.29) is 18.7 Å². The van der Waals surface area contributed by atoms with Crippen LogP contribution >= 0.6 is 0 Å². The van der Waals surface area contributed by atoms with Gasteiger partial charge in [-0.25, -0.2) is 0 Å². The number of hydrogen-bond donors (Lipinski definition) is 2. The molecule has 0 saturated heterocycles. The van der Waals surface area contributed by atoms with Gasteiger partial charge in [0.1, 0.15) is 5.54 Å². The van der Waals surface area contributed by atoms with Gasteiger partial charge in [0.05, 0.1) is 0 Å². The van der Waals surface area contributed by atoms with Crippen LogP contribution in [0.4, 0.5) is 5.69 Å². The first-order chi connectivity index (χ1) is 8.85. The molecule has 2 rings (SSSR count). The summed E-state index contributed by atoms with van der Waals surface area (Å²) in [6, 6.07) is 5.62. The number of anilines is 1. The largest absolute Gasteiger partial charge is 0.480 e. The van der Waals surface area contributed by atoms with Crippen LogP contribution in [0.25, 0.3) is 0 Å². The van der Waals surface area contributed by atoms with E-state index in [2.05, 4.69) is 0 Å². The third kappa shape index (κ3) is 2.33. The summed E-state index contributed by atoms with van der Waals surface area (Å²) in [6.07, 6.45) is 0.485. The van der Waals surface area contributed by atoms with E-state index in [0.29, 0.717) is 6.54 Å². The van der Waals surface area contributed by atoms with Crippen LogP contribution in [0.5, 0.6) is 0 Å². The molecule has 5 heteroatoms. The fourth-order valence-electron chi connectivity index (χ4n) is 2.60. The quantitative estimate of drug-likeness (QED) is 0.793. The number of nitrogens with two attached hydrogens (primary N) is 1. The van der Waals surface area contributed by atoms with Crippen molar-refractivity contribution in [2.75, 3.05) is 11.4 Å². The Hall–Kier alpha value is -1.88.